The molecule has 1 aromatic carbocycles. The van der Waals surface area contributed by atoms with E-state index in [0.29, 0.717) is 31.7 Å². The maximum Gasteiger partial charge on any atom is 0.254 e. The minimum atomic E-state index is -0.551. The number of amides is 1. The van der Waals surface area contributed by atoms with Crippen molar-refractivity contribution < 1.29 is 18.7 Å². The maximum absolute atomic E-state index is 14.0. The fraction of sp³-hybridized carbons (Fsp3) is 0.444. The Morgan fingerprint density at radius 2 is 2.24 bits per heavy atom. The number of nitrogens with zero attached hydrogens (tertiary/aromatic N) is 3. The normalized spacial score (nSPS) is 16.6. The number of halogens is 1. The molecule has 1 aliphatic heterocycles. The standard InChI is InChI=1S/C18H22FN3O3/c1-4-25-10-13-8-16-15(20-11-21(16)2)9-22(13)18(23)12-5-6-17(24-3)14(19)7-12/h5-7,11,13H,4,8-10H2,1-3H3/t13-/m1/s1. The number of fused-ring (bicyclic) bond motifs is 1. The molecule has 6 nitrogen and oxygen atoms in total. The Morgan fingerprint density at radius 1 is 1.44 bits per heavy atom. The molecule has 0 fully saturated rings. The molecule has 0 saturated carbocycles. The fourth-order valence-corrected chi connectivity index (χ4v) is 3.13. The van der Waals surface area contributed by atoms with Gasteiger partial charge in [-0.05, 0) is 25.1 Å². The lowest BCUT2D eigenvalue weighted by Crippen LogP contribution is -2.47. The van der Waals surface area contributed by atoms with Crippen molar-refractivity contribution in [3.63, 3.8) is 0 Å². The molecule has 1 aliphatic rings. The third kappa shape index (κ3) is 3.37. The van der Waals surface area contributed by atoms with E-state index in [2.05, 4.69) is 4.98 Å². The summed E-state index contributed by atoms with van der Waals surface area (Å²) in [5.74, 6) is -0.666. The summed E-state index contributed by atoms with van der Waals surface area (Å²) in [5.41, 5.74) is 2.27. The van der Waals surface area contributed by atoms with Gasteiger partial charge in [0.15, 0.2) is 11.6 Å². The molecule has 0 spiro atoms. The van der Waals surface area contributed by atoms with Crippen LogP contribution in [0.2, 0.25) is 0 Å². The molecule has 25 heavy (non-hydrogen) atoms. The Bertz CT molecular complexity index is 775. The molecule has 1 aromatic heterocycles. The van der Waals surface area contributed by atoms with Crippen LogP contribution in [0.3, 0.4) is 0 Å². The van der Waals surface area contributed by atoms with Gasteiger partial charge in [0, 0.05) is 31.3 Å². The second-order valence-corrected chi connectivity index (χ2v) is 6.05. The molecule has 0 saturated heterocycles. The zero-order valence-corrected chi connectivity index (χ0v) is 14.7. The van der Waals surface area contributed by atoms with Crippen LogP contribution >= 0.6 is 0 Å². The lowest BCUT2D eigenvalue weighted by atomic mass is 10.0. The van der Waals surface area contributed by atoms with Crippen LogP contribution in [0.5, 0.6) is 5.75 Å². The molecule has 0 unspecified atom stereocenters. The van der Waals surface area contributed by atoms with E-state index in [1.54, 1.807) is 17.3 Å². The molecule has 0 bridgehead atoms. The lowest BCUT2D eigenvalue weighted by Gasteiger charge is -2.35. The number of ether oxygens (including phenoxy) is 2. The van der Waals surface area contributed by atoms with Crippen LogP contribution in [-0.2, 0) is 24.8 Å². The molecular weight excluding hydrogens is 325 g/mol. The van der Waals surface area contributed by atoms with Gasteiger partial charge < -0.3 is 18.9 Å². The average Bonchev–Trinajstić information content (AvgIpc) is 2.98. The molecule has 7 heteroatoms. The summed E-state index contributed by atoms with van der Waals surface area (Å²) in [7, 11) is 3.34. The van der Waals surface area contributed by atoms with Gasteiger partial charge in [-0.15, -0.1) is 0 Å². The van der Waals surface area contributed by atoms with E-state index >= 15 is 0 Å². The molecule has 2 heterocycles. The van der Waals surface area contributed by atoms with Crippen LogP contribution in [0.4, 0.5) is 4.39 Å². The Kier molecular flexibility index (Phi) is 5.03. The number of aryl methyl sites for hydroxylation is 1. The first-order valence-electron chi connectivity index (χ1n) is 8.26. The number of hydrogen-bond acceptors (Lipinski definition) is 4. The molecular formula is C18H22FN3O3. The predicted molar refractivity (Wildman–Crippen MR) is 90.0 cm³/mol. The lowest BCUT2D eigenvalue weighted by molar-refractivity contribution is 0.0386. The van der Waals surface area contributed by atoms with E-state index in [9.17, 15) is 9.18 Å². The number of aromatic nitrogens is 2. The highest BCUT2D eigenvalue weighted by molar-refractivity contribution is 5.94. The van der Waals surface area contributed by atoms with E-state index in [-0.39, 0.29) is 17.7 Å². The topological polar surface area (TPSA) is 56.6 Å². The van der Waals surface area contributed by atoms with Crippen LogP contribution in [0.1, 0.15) is 28.7 Å². The van der Waals surface area contributed by atoms with Gasteiger partial charge >= 0.3 is 0 Å². The predicted octanol–water partition coefficient (Wildman–Crippen LogP) is 2.17. The van der Waals surface area contributed by atoms with E-state index in [4.69, 9.17) is 9.47 Å². The van der Waals surface area contributed by atoms with Gasteiger partial charge in [0.2, 0.25) is 0 Å². The van der Waals surface area contributed by atoms with Crippen molar-refractivity contribution in [2.75, 3.05) is 20.3 Å². The number of benzene rings is 1. The molecule has 2 aromatic rings. The van der Waals surface area contributed by atoms with E-state index in [0.717, 1.165) is 11.4 Å². The first kappa shape index (κ1) is 17.4. The summed E-state index contributed by atoms with van der Waals surface area (Å²) in [6.45, 7) is 3.32. The SMILES string of the molecule is CCOC[C@H]1Cc2c(ncn2C)CN1C(=O)c1ccc(OC)c(F)c1. The van der Waals surface area contributed by atoms with Crippen molar-refractivity contribution in [1.29, 1.82) is 0 Å². The van der Waals surface area contributed by atoms with Crippen LogP contribution < -0.4 is 4.74 Å². The zero-order chi connectivity index (χ0) is 18.0. The Hall–Kier alpha value is -2.41. The number of methoxy groups -OCH3 is 1. The molecule has 1 atom stereocenters. The highest BCUT2D eigenvalue weighted by Crippen LogP contribution is 2.26. The first-order valence-corrected chi connectivity index (χ1v) is 8.26. The third-order valence-electron chi connectivity index (χ3n) is 4.51. The summed E-state index contributed by atoms with van der Waals surface area (Å²) in [6.07, 6.45) is 2.42. The number of carbonyl (C=O) groups is 1. The second kappa shape index (κ2) is 7.23. The van der Waals surface area contributed by atoms with Gasteiger partial charge in [0.1, 0.15) is 0 Å². The van der Waals surface area contributed by atoms with Crippen molar-refractivity contribution in [2.45, 2.75) is 25.9 Å². The van der Waals surface area contributed by atoms with Crippen molar-refractivity contribution in [3.05, 3.63) is 47.3 Å². The average molecular weight is 347 g/mol. The molecule has 0 aliphatic carbocycles. The van der Waals surface area contributed by atoms with Crippen LogP contribution in [0, 0.1) is 5.82 Å². The summed E-state index contributed by atoms with van der Waals surface area (Å²) in [5, 5.41) is 0. The summed E-state index contributed by atoms with van der Waals surface area (Å²) >= 11 is 0. The highest BCUT2D eigenvalue weighted by atomic mass is 19.1. The van der Waals surface area contributed by atoms with Crippen LogP contribution in [0.25, 0.3) is 0 Å². The van der Waals surface area contributed by atoms with Crippen molar-refractivity contribution >= 4 is 5.91 Å². The summed E-state index contributed by atoms with van der Waals surface area (Å²) in [6, 6.07) is 4.15. The molecule has 1 amide bonds. The van der Waals surface area contributed by atoms with Crippen LogP contribution in [0.15, 0.2) is 24.5 Å². The second-order valence-electron chi connectivity index (χ2n) is 6.05. The molecule has 0 N–H and O–H groups in total. The molecule has 3 rings (SSSR count). The Balaban J connectivity index is 1.89. The molecule has 0 radical (unpaired) electrons. The van der Waals surface area contributed by atoms with Gasteiger partial charge in [-0.25, -0.2) is 9.37 Å². The van der Waals surface area contributed by atoms with Crippen molar-refractivity contribution in [2.24, 2.45) is 7.05 Å². The monoisotopic (exact) mass is 347 g/mol. The number of hydrogen-bond donors (Lipinski definition) is 0. The highest BCUT2D eigenvalue weighted by Gasteiger charge is 2.33. The largest absolute Gasteiger partial charge is 0.494 e. The van der Waals surface area contributed by atoms with Gasteiger partial charge in [-0.3, -0.25) is 4.79 Å². The Labute approximate surface area is 146 Å². The molecule has 134 valence electrons. The zero-order valence-electron chi connectivity index (χ0n) is 14.7. The van der Waals surface area contributed by atoms with E-state index in [1.165, 1.54) is 19.2 Å². The number of rotatable bonds is 5. The summed E-state index contributed by atoms with van der Waals surface area (Å²) in [4.78, 5) is 19.1. The first-order chi connectivity index (χ1) is 12.0. The quantitative estimate of drug-likeness (QED) is 0.832. The van der Waals surface area contributed by atoms with Crippen LogP contribution in [-0.4, -0.2) is 46.7 Å². The van der Waals surface area contributed by atoms with Gasteiger partial charge in [-0.1, -0.05) is 0 Å². The van der Waals surface area contributed by atoms with Gasteiger partial charge in [-0.2, -0.15) is 0 Å². The van der Waals surface area contributed by atoms with Gasteiger partial charge in [0.25, 0.3) is 5.91 Å². The van der Waals surface area contributed by atoms with Crippen molar-refractivity contribution in [1.82, 2.24) is 14.5 Å². The van der Waals surface area contributed by atoms with Gasteiger partial charge in [0.05, 0.1) is 38.3 Å². The Morgan fingerprint density at radius 3 is 2.92 bits per heavy atom. The van der Waals surface area contributed by atoms with Crippen molar-refractivity contribution in [3.8, 4) is 5.75 Å². The smallest absolute Gasteiger partial charge is 0.254 e. The third-order valence-corrected chi connectivity index (χ3v) is 4.51. The van der Waals surface area contributed by atoms with E-state index in [1.807, 2.05) is 18.5 Å². The summed E-state index contributed by atoms with van der Waals surface area (Å²) < 4.78 is 26.4. The number of imidazole rings is 1. The fourth-order valence-electron chi connectivity index (χ4n) is 3.13. The minimum absolute atomic E-state index is 0.111. The maximum atomic E-state index is 14.0. The van der Waals surface area contributed by atoms with E-state index < -0.39 is 5.82 Å². The minimum Gasteiger partial charge on any atom is -0.494 e. The number of carbonyl (C=O) groups excluding carboxylic acids is 1.